The van der Waals surface area contributed by atoms with Gasteiger partial charge in [0.15, 0.2) is 0 Å². The fourth-order valence-electron chi connectivity index (χ4n) is 2.45. The van der Waals surface area contributed by atoms with E-state index < -0.39 is 0 Å². The Bertz CT molecular complexity index is 354. The van der Waals surface area contributed by atoms with E-state index in [1.807, 2.05) is 12.1 Å². The molecule has 2 atom stereocenters. The lowest BCUT2D eigenvalue weighted by molar-refractivity contribution is 0.148. The molecule has 0 spiro atoms. The minimum atomic E-state index is -0.176. The molecule has 2 N–H and O–H groups in total. The number of aliphatic hydroxyl groups is 1. The summed E-state index contributed by atoms with van der Waals surface area (Å²) in [5.74, 6) is 0. The van der Waals surface area contributed by atoms with Gasteiger partial charge in [0, 0.05) is 19.7 Å². The molecule has 1 saturated carbocycles. The summed E-state index contributed by atoms with van der Waals surface area (Å²) in [6, 6.07) is 8.53. The first-order chi connectivity index (χ1) is 8.31. The van der Waals surface area contributed by atoms with Crippen LogP contribution in [0.4, 0.5) is 0 Å². The first-order valence-corrected chi connectivity index (χ1v) is 6.28. The predicted molar refractivity (Wildman–Crippen MR) is 67.6 cm³/mol. The highest BCUT2D eigenvalue weighted by molar-refractivity contribution is 5.26. The second-order valence-electron chi connectivity index (χ2n) is 4.69. The summed E-state index contributed by atoms with van der Waals surface area (Å²) in [7, 11) is 1.71. The van der Waals surface area contributed by atoms with E-state index in [4.69, 9.17) is 4.74 Å². The molecule has 3 heteroatoms. The number of methoxy groups -OCH3 is 1. The zero-order valence-electron chi connectivity index (χ0n) is 10.4. The van der Waals surface area contributed by atoms with Gasteiger partial charge < -0.3 is 15.2 Å². The van der Waals surface area contributed by atoms with Crippen LogP contribution in [0.15, 0.2) is 24.3 Å². The molecule has 0 aromatic heterocycles. The van der Waals surface area contributed by atoms with Crippen LogP contribution in [0.3, 0.4) is 0 Å². The van der Waals surface area contributed by atoms with Gasteiger partial charge in [-0.3, -0.25) is 0 Å². The fourth-order valence-corrected chi connectivity index (χ4v) is 2.45. The number of ether oxygens (including phenoxy) is 1. The maximum absolute atomic E-state index is 9.75. The smallest absolute Gasteiger partial charge is 0.0716 e. The van der Waals surface area contributed by atoms with E-state index in [-0.39, 0.29) is 12.1 Å². The van der Waals surface area contributed by atoms with Crippen LogP contribution >= 0.6 is 0 Å². The van der Waals surface area contributed by atoms with Gasteiger partial charge in [-0.1, -0.05) is 24.3 Å². The van der Waals surface area contributed by atoms with E-state index in [1.165, 1.54) is 11.1 Å². The van der Waals surface area contributed by atoms with Crippen molar-refractivity contribution < 1.29 is 9.84 Å². The van der Waals surface area contributed by atoms with Gasteiger partial charge in [-0.2, -0.15) is 0 Å². The lowest BCUT2D eigenvalue weighted by Gasteiger charge is -2.17. The molecule has 1 aromatic carbocycles. The molecule has 0 amide bonds. The molecule has 0 saturated heterocycles. The molecule has 2 rings (SSSR count). The van der Waals surface area contributed by atoms with Crippen molar-refractivity contribution in [3.05, 3.63) is 35.4 Å². The van der Waals surface area contributed by atoms with E-state index in [2.05, 4.69) is 17.4 Å². The Morgan fingerprint density at radius 2 is 2.06 bits per heavy atom. The first-order valence-electron chi connectivity index (χ1n) is 6.28. The average molecular weight is 235 g/mol. The van der Waals surface area contributed by atoms with E-state index in [0.717, 1.165) is 25.8 Å². The second-order valence-corrected chi connectivity index (χ2v) is 4.69. The summed E-state index contributed by atoms with van der Waals surface area (Å²) in [6.45, 7) is 1.45. The van der Waals surface area contributed by atoms with Gasteiger partial charge in [-0.25, -0.2) is 0 Å². The van der Waals surface area contributed by atoms with E-state index in [1.54, 1.807) is 7.11 Å². The monoisotopic (exact) mass is 235 g/mol. The Hall–Kier alpha value is -0.900. The largest absolute Gasteiger partial charge is 0.392 e. The Labute approximate surface area is 103 Å². The van der Waals surface area contributed by atoms with Crippen LogP contribution in [0.25, 0.3) is 0 Å². The van der Waals surface area contributed by atoms with Crippen molar-refractivity contribution in [1.29, 1.82) is 0 Å². The molecule has 0 unspecified atom stereocenters. The molecule has 3 nitrogen and oxygen atoms in total. The molecule has 0 radical (unpaired) electrons. The van der Waals surface area contributed by atoms with Crippen LogP contribution in [0.5, 0.6) is 0 Å². The van der Waals surface area contributed by atoms with Gasteiger partial charge in [-0.15, -0.1) is 0 Å². The number of nitrogens with one attached hydrogen (secondary N) is 1. The van der Waals surface area contributed by atoms with Crippen molar-refractivity contribution in [3.8, 4) is 0 Å². The number of rotatable bonds is 5. The van der Waals surface area contributed by atoms with E-state index >= 15 is 0 Å². The highest BCUT2D eigenvalue weighted by Crippen LogP contribution is 2.19. The first kappa shape index (κ1) is 12.6. The Morgan fingerprint density at radius 1 is 1.29 bits per heavy atom. The van der Waals surface area contributed by atoms with Crippen LogP contribution in [0, 0.1) is 0 Å². The highest BCUT2D eigenvalue weighted by atomic mass is 16.5. The summed E-state index contributed by atoms with van der Waals surface area (Å²) in [5.41, 5.74) is 2.48. The van der Waals surface area contributed by atoms with Crippen LogP contribution in [-0.4, -0.2) is 24.4 Å². The van der Waals surface area contributed by atoms with Gasteiger partial charge in [0.1, 0.15) is 0 Å². The molecule has 1 aliphatic rings. The molecule has 17 heavy (non-hydrogen) atoms. The zero-order chi connectivity index (χ0) is 12.1. The molecule has 94 valence electrons. The average Bonchev–Trinajstić information content (AvgIpc) is 2.74. The molecule has 1 aliphatic carbocycles. The summed E-state index contributed by atoms with van der Waals surface area (Å²) in [4.78, 5) is 0. The van der Waals surface area contributed by atoms with Crippen molar-refractivity contribution in [2.45, 2.75) is 44.6 Å². The van der Waals surface area contributed by atoms with Crippen molar-refractivity contribution in [1.82, 2.24) is 5.32 Å². The Morgan fingerprint density at radius 3 is 2.71 bits per heavy atom. The summed E-state index contributed by atoms with van der Waals surface area (Å²) in [5, 5.41) is 13.2. The van der Waals surface area contributed by atoms with Crippen LogP contribution in [0.1, 0.15) is 30.4 Å². The zero-order valence-corrected chi connectivity index (χ0v) is 10.4. The second kappa shape index (κ2) is 6.15. The normalized spacial score (nSPS) is 24.1. The summed E-state index contributed by atoms with van der Waals surface area (Å²) >= 11 is 0. The number of hydrogen-bond acceptors (Lipinski definition) is 3. The topological polar surface area (TPSA) is 41.5 Å². The molecule has 0 heterocycles. The summed E-state index contributed by atoms with van der Waals surface area (Å²) < 4.78 is 5.18. The van der Waals surface area contributed by atoms with Gasteiger partial charge in [-0.05, 0) is 30.4 Å². The third kappa shape index (κ3) is 3.28. The molecular weight excluding hydrogens is 214 g/mol. The van der Waals surface area contributed by atoms with Crippen LogP contribution in [-0.2, 0) is 17.9 Å². The van der Waals surface area contributed by atoms with Crippen LogP contribution < -0.4 is 5.32 Å². The number of aliphatic hydroxyl groups excluding tert-OH is 1. The van der Waals surface area contributed by atoms with Crippen molar-refractivity contribution >= 4 is 0 Å². The highest BCUT2D eigenvalue weighted by Gasteiger charge is 2.24. The number of benzene rings is 1. The van der Waals surface area contributed by atoms with E-state index in [0.29, 0.717) is 6.61 Å². The van der Waals surface area contributed by atoms with Crippen molar-refractivity contribution in [2.75, 3.05) is 7.11 Å². The predicted octanol–water partition coefficient (Wildman–Crippen LogP) is 1.84. The van der Waals surface area contributed by atoms with Crippen molar-refractivity contribution in [2.24, 2.45) is 0 Å². The molecule has 0 aliphatic heterocycles. The minimum absolute atomic E-state index is 0.176. The molecule has 1 fully saturated rings. The third-order valence-electron chi connectivity index (χ3n) is 3.45. The molecule has 1 aromatic rings. The maximum Gasteiger partial charge on any atom is 0.0716 e. The maximum atomic E-state index is 9.75. The minimum Gasteiger partial charge on any atom is -0.392 e. The SMILES string of the molecule is COCc1ccccc1CN[C@@H]1CCC[C@H]1O. The Balaban J connectivity index is 1.93. The summed E-state index contributed by atoms with van der Waals surface area (Å²) in [6.07, 6.45) is 2.95. The lowest BCUT2D eigenvalue weighted by Crippen LogP contribution is -2.35. The molecular formula is C14H21NO2. The standard InChI is InChI=1S/C14H21NO2/c1-17-10-12-6-3-2-5-11(12)9-15-13-7-4-8-14(13)16/h2-3,5-6,13-16H,4,7-10H2,1H3/t13-,14-/m1/s1. The van der Waals surface area contributed by atoms with E-state index in [9.17, 15) is 5.11 Å². The van der Waals surface area contributed by atoms with Gasteiger partial charge >= 0.3 is 0 Å². The van der Waals surface area contributed by atoms with Crippen LogP contribution in [0.2, 0.25) is 0 Å². The van der Waals surface area contributed by atoms with Crippen molar-refractivity contribution in [3.63, 3.8) is 0 Å². The Kier molecular flexibility index (Phi) is 4.54. The van der Waals surface area contributed by atoms with Gasteiger partial charge in [0.2, 0.25) is 0 Å². The fraction of sp³-hybridized carbons (Fsp3) is 0.571. The molecule has 0 bridgehead atoms. The van der Waals surface area contributed by atoms with Gasteiger partial charge in [0.25, 0.3) is 0 Å². The lowest BCUT2D eigenvalue weighted by atomic mass is 10.1. The quantitative estimate of drug-likeness (QED) is 0.818. The number of hydrogen-bond donors (Lipinski definition) is 2. The van der Waals surface area contributed by atoms with Gasteiger partial charge in [0.05, 0.1) is 12.7 Å². The third-order valence-corrected chi connectivity index (χ3v) is 3.45.